The van der Waals surface area contributed by atoms with E-state index in [0.717, 1.165) is 29.3 Å². The van der Waals surface area contributed by atoms with Gasteiger partial charge in [0, 0.05) is 23.1 Å². The highest BCUT2D eigenvalue weighted by Gasteiger charge is 2.22. The molecule has 0 radical (unpaired) electrons. The van der Waals surface area contributed by atoms with Crippen molar-refractivity contribution in [1.82, 2.24) is 9.88 Å². The molecule has 2 N–H and O–H groups in total. The van der Waals surface area contributed by atoms with E-state index in [2.05, 4.69) is 18.0 Å². The third kappa shape index (κ3) is 3.73. The highest BCUT2D eigenvalue weighted by Crippen LogP contribution is 2.23. The van der Waals surface area contributed by atoms with Crippen molar-refractivity contribution in [2.24, 2.45) is 0 Å². The van der Waals surface area contributed by atoms with Gasteiger partial charge in [0.2, 0.25) is 5.91 Å². The zero-order chi connectivity index (χ0) is 17.0. The molecule has 1 heterocycles. The summed E-state index contributed by atoms with van der Waals surface area (Å²) in [5, 5.41) is 10.1. The maximum absolute atomic E-state index is 12.6. The first-order chi connectivity index (χ1) is 11.0. The van der Waals surface area contributed by atoms with Gasteiger partial charge in [-0.05, 0) is 30.9 Å². The molecule has 1 amide bonds. The van der Waals surface area contributed by atoms with Crippen molar-refractivity contribution in [2.45, 2.75) is 46.1 Å². The first kappa shape index (κ1) is 17.1. The van der Waals surface area contributed by atoms with Gasteiger partial charge in [0.25, 0.3) is 0 Å². The maximum atomic E-state index is 12.6. The van der Waals surface area contributed by atoms with E-state index in [9.17, 15) is 9.59 Å². The molecule has 0 saturated carbocycles. The van der Waals surface area contributed by atoms with Gasteiger partial charge in [-0.15, -0.1) is 0 Å². The maximum Gasteiger partial charge on any atom is 0.323 e. The molecule has 23 heavy (non-hydrogen) atoms. The summed E-state index contributed by atoms with van der Waals surface area (Å²) in [7, 11) is 0. The van der Waals surface area contributed by atoms with Gasteiger partial charge in [0.1, 0.15) is 6.54 Å². The van der Waals surface area contributed by atoms with Crippen LogP contribution >= 0.6 is 0 Å². The van der Waals surface area contributed by atoms with Crippen LogP contribution in [0.15, 0.2) is 24.4 Å². The van der Waals surface area contributed by atoms with E-state index in [1.807, 2.05) is 32.2 Å². The van der Waals surface area contributed by atoms with Crippen molar-refractivity contribution < 1.29 is 14.7 Å². The number of aliphatic carboxylic acids is 1. The normalized spacial score (nSPS) is 12.3. The molecular weight excluding hydrogens is 292 g/mol. The smallest absolute Gasteiger partial charge is 0.323 e. The van der Waals surface area contributed by atoms with E-state index >= 15 is 0 Å². The number of carbonyl (C=O) groups is 2. The highest BCUT2D eigenvalue weighted by atomic mass is 16.4. The molecule has 0 aliphatic rings. The van der Waals surface area contributed by atoms with E-state index < -0.39 is 5.97 Å². The van der Waals surface area contributed by atoms with E-state index in [1.165, 1.54) is 10.5 Å². The lowest BCUT2D eigenvalue weighted by molar-refractivity contribution is -0.145. The molecule has 0 aliphatic carbocycles. The van der Waals surface area contributed by atoms with Gasteiger partial charge in [0.15, 0.2) is 0 Å². The lowest BCUT2D eigenvalue weighted by atomic mass is 10.0. The minimum Gasteiger partial charge on any atom is -0.480 e. The quantitative estimate of drug-likeness (QED) is 0.824. The Morgan fingerprint density at radius 3 is 2.61 bits per heavy atom. The summed E-state index contributed by atoms with van der Waals surface area (Å²) >= 11 is 0. The van der Waals surface area contributed by atoms with Crippen LogP contribution in [0.5, 0.6) is 0 Å². The summed E-state index contributed by atoms with van der Waals surface area (Å²) in [6.07, 6.45) is 3.72. The fourth-order valence-electron chi connectivity index (χ4n) is 2.84. The molecule has 1 aromatic heterocycles. The Balaban J connectivity index is 2.26. The molecule has 0 fully saturated rings. The van der Waals surface area contributed by atoms with Crippen LogP contribution < -0.4 is 0 Å². The zero-order valence-corrected chi connectivity index (χ0v) is 13.9. The number of hydrogen-bond donors (Lipinski definition) is 2. The first-order valence-corrected chi connectivity index (χ1v) is 8.07. The molecule has 1 aromatic carbocycles. The monoisotopic (exact) mass is 316 g/mol. The Morgan fingerprint density at radius 2 is 2.00 bits per heavy atom. The minimum atomic E-state index is -0.981. The number of fused-ring (bicyclic) bond motifs is 1. The van der Waals surface area contributed by atoms with Crippen molar-refractivity contribution in [3.8, 4) is 0 Å². The van der Waals surface area contributed by atoms with Gasteiger partial charge in [-0.1, -0.05) is 32.0 Å². The van der Waals surface area contributed by atoms with Gasteiger partial charge >= 0.3 is 5.97 Å². The van der Waals surface area contributed by atoms with Gasteiger partial charge < -0.3 is 15.0 Å². The number of para-hydroxylation sites is 1. The second kappa shape index (κ2) is 7.31. The van der Waals surface area contributed by atoms with Crippen LogP contribution in [0.4, 0.5) is 0 Å². The number of benzene rings is 1. The molecule has 5 heteroatoms. The Morgan fingerprint density at radius 1 is 1.26 bits per heavy atom. The number of amides is 1. The summed E-state index contributed by atoms with van der Waals surface area (Å²) in [6.45, 7) is 5.67. The molecular formula is C18H24N2O3. The topological polar surface area (TPSA) is 73.4 Å². The van der Waals surface area contributed by atoms with Gasteiger partial charge in [-0.2, -0.15) is 0 Å². The molecule has 0 aliphatic heterocycles. The number of aromatic nitrogens is 1. The molecule has 0 saturated heterocycles. The van der Waals surface area contributed by atoms with E-state index in [-0.39, 0.29) is 24.9 Å². The third-order valence-electron chi connectivity index (χ3n) is 4.36. The van der Waals surface area contributed by atoms with Crippen molar-refractivity contribution >= 4 is 22.8 Å². The van der Waals surface area contributed by atoms with E-state index in [1.54, 1.807) is 0 Å². The van der Waals surface area contributed by atoms with Gasteiger partial charge in [-0.3, -0.25) is 9.59 Å². The summed E-state index contributed by atoms with van der Waals surface area (Å²) in [4.78, 5) is 28.3. The van der Waals surface area contributed by atoms with Crippen LogP contribution in [0.1, 0.15) is 38.3 Å². The lowest BCUT2D eigenvalue weighted by Gasteiger charge is -2.27. The molecule has 1 atom stereocenters. The molecule has 0 spiro atoms. The summed E-state index contributed by atoms with van der Waals surface area (Å²) in [5.41, 5.74) is 3.19. The molecule has 0 bridgehead atoms. The predicted octanol–water partition coefficient (Wildman–Crippen LogP) is 2.98. The Kier molecular flexibility index (Phi) is 5.42. The van der Waals surface area contributed by atoms with Crippen LogP contribution in [0.3, 0.4) is 0 Å². The van der Waals surface area contributed by atoms with Gasteiger partial charge in [-0.25, -0.2) is 0 Å². The molecule has 1 unspecified atom stereocenters. The van der Waals surface area contributed by atoms with Crippen LogP contribution in [-0.4, -0.2) is 39.5 Å². The summed E-state index contributed by atoms with van der Waals surface area (Å²) < 4.78 is 0. The number of aromatic amines is 1. The number of carbonyl (C=O) groups excluding carboxylic acids is 1. The van der Waals surface area contributed by atoms with E-state index in [4.69, 9.17) is 5.11 Å². The zero-order valence-electron chi connectivity index (χ0n) is 13.9. The predicted molar refractivity (Wildman–Crippen MR) is 90.5 cm³/mol. The highest BCUT2D eigenvalue weighted by molar-refractivity contribution is 5.91. The first-order valence-electron chi connectivity index (χ1n) is 8.07. The third-order valence-corrected chi connectivity index (χ3v) is 4.36. The van der Waals surface area contributed by atoms with Crippen LogP contribution in [-0.2, 0) is 22.4 Å². The van der Waals surface area contributed by atoms with Crippen LogP contribution in [0, 0.1) is 0 Å². The average Bonchev–Trinajstić information content (AvgIpc) is 2.94. The van der Waals surface area contributed by atoms with Crippen LogP contribution in [0.25, 0.3) is 10.9 Å². The fourth-order valence-corrected chi connectivity index (χ4v) is 2.84. The number of nitrogens with one attached hydrogen (secondary N) is 1. The molecule has 2 rings (SSSR count). The Bertz CT molecular complexity index is 705. The molecule has 124 valence electrons. The summed E-state index contributed by atoms with van der Waals surface area (Å²) in [5.74, 6) is -1.13. The number of carboxylic acids is 1. The standard InChI is InChI=1S/C18H24N2O3/c1-4-12(3)20(11-17(22)23)16(21)9-14-10-19-18-13(5-2)7-6-8-15(14)18/h6-8,10,12,19H,4-5,9,11H2,1-3H3,(H,22,23). The van der Waals surface area contributed by atoms with Crippen molar-refractivity contribution in [2.75, 3.05) is 6.54 Å². The number of carboxylic acid groups (broad SMARTS) is 1. The Hall–Kier alpha value is -2.30. The van der Waals surface area contributed by atoms with Crippen molar-refractivity contribution in [1.29, 1.82) is 0 Å². The molecule has 5 nitrogen and oxygen atoms in total. The second-order valence-electron chi connectivity index (χ2n) is 5.86. The van der Waals surface area contributed by atoms with E-state index in [0.29, 0.717) is 0 Å². The van der Waals surface area contributed by atoms with Crippen molar-refractivity contribution in [3.63, 3.8) is 0 Å². The van der Waals surface area contributed by atoms with Crippen LogP contribution in [0.2, 0.25) is 0 Å². The number of aryl methyl sites for hydroxylation is 1. The second-order valence-corrected chi connectivity index (χ2v) is 5.86. The summed E-state index contributed by atoms with van der Waals surface area (Å²) in [6, 6.07) is 5.97. The number of nitrogens with zero attached hydrogens (tertiary/aromatic N) is 1. The van der Waals surface area contributed by atoms with Crippen molar-refractivity contribution in [3.05, 3.63) is 35.5 Å². The number of H-pyrrole nitrogens is 1. The lowest BCUT2D eigenvalue weighted by Crippen LogP contribution is -2.42. The molecule has 2 aromatic rings. The largest absolute Gasteiger partial charge is 0.480 e. The fraction of sp³-hybridized carbons (Fsp3) is 0.444. The Labute approximate surface area is 136 Å². The average molecular weight is 316 g/mol. The number of rotatable bonds is 7. The number of hydrogen-bond acceptors (Lipinski definition) is 2. The minimum absolute atomic E-state index is 0.0880. The van der Waals surface area contributed by atoms with Gasteiger partial charge in [0.05, 0.1) is 6.42 Å². The SMILES string of the molecule is CCc1cccc2c(CC(=O)N(CC(=O)O)C(C)CC)c[nH]c12.